The number of benzene rings is 2. The summed E-state index contributed by atoms with van der Waals surface area (Å²) in [6, 6.07) is 13.4. The maximum Gasteiger partial charge on any atom is 0.251 e. The lowest BCUT2D eigenvalue weighted by molar-refractivity contribution is 0.0954. The summed E-state index contributed by atoms with van der Waals surface area (Å²) < 4.78 is 18.5. The smallest absolute Gasteiger partial charge is 0.251 e. The second-order valence-electron chi connectivity index (χ2n) is 5.57. The Hall–Kier alpha value is -2.66. The highest BCUT2D eigenvalue weighted by Crippen LogP contribution is 2.21. The lowest BCUT2D eigenvalue weighted by Gasteiger charge is -2.05. The van der Waals surface area contributed by atoms with E-state index in [4.69, 9.17) is 9.52 Å². The molecule has 0 saturated heterocycles. The molecule has 24 heavy (non-hydrogen) atoms. The van der Waals surface area contributed by atoms with E-state index < -0.39 is 0 Å². The van der Waals surface area contributed by atoms with Crippen LogP contribution in [0.3, 0.4) is 0 Å². The van der Waals surface area contributed by atoms with Crippen LogP contribution < -0.4 is 5.32 Å². The average molecular weight is 327 g/mol. The molecule has 3 rings (SSSR count). The van der Waals surface area contributed by atoms with Crippen LogP contribution in [0.15, 0.2) is 52.9 Å². The number of carbonyl (C=O) groups is 1. The molecule has 0 fully saturated rings. The van der Waals surface area contributed by atoms with Crippen LogP contribution in [0.5, 0.6) is 0 Å². The highest BCUT2D eigenvalue weighted by atomic mass is 19.1. The Morgan fingerprint density at radius 3 is 2.62 bits per heavy atom. The maximum absolute atomic E-state index is 12.8. The van der Waals surface area contributed by atoms with Crippen molar-refractivity contribution in [1.82, 2.24) is 5.32 Å². The summed E-state index contributed by atoms with van der Waals surface area (Å²) in [5, 5.41) is 12.7. The summed E-state index contributed by atoms with van der Waals surface area (Å²) in [6.07, 6.45) is 1.09. The van der Waals surface area contributed by atoms with Crippen molar-refractivity contribution in [2.45, 2.75) is 12.8 Å². The van der Waals surface area contributed by atoms with E-state index in [1.54, 1.807) is 24.3 Å². The minimum absolute atomic E-state index is 0.0244. The van der Waals surface area contributed by atoms with Gasteiger partial charge in [0.1, 0.15) is 17.2 Å². The van der Waals surface area contributed by atoms with E-state index in [1.807, 2.05) is 12.1 Å². The Morgan fingerprint density at radius 1 is 1.08 bits per heavy atom. The van der Waals surface area contributed by atoms with Gasteiger partial charge in [0.25, 0.3) is 5.91 Å². The largest absolute Gasteiger partial charge is 0.461 e. The molecule has 0 saturated carbocycles. The minimum Gasteiger partial charge on any atom is -0.461 e. The molecule has 0 unspecified atom stereocenters. The van der Waals surface area contributed by atoms with Crippen LogP contribution in [0, 0.1) is 5.82 Å². The molecule has 0 aliphatic heterocycles. The minimum atomic E-state index is -0.268. The normalized spacial score (nSPS) is 10.9. The molecule has 0 spiro atoms. The summed E-state index contributed by atoms with van der Waals surface area (Å²) >= 11 is 0. The fourth-order valence-electron chi connectivity index (χ4n) is 2.53. The van der Waals surface area contributed by atoms with E-state index in [2.05, 4.69) is 5.32 Å². The predicted octanol–water partition coefficient (Wildman–Crippen LogP) is 3.08. The molecular weight excluding hydrogens is 309 g/mol. The third-order valence-corrected chi connectivity index (χ3v) is 3.80. The first kappa shape index (κ1) is 16.2. The third kappa shape index (κ3) is 3.81. The molecule has 0 atom stereocenters. The van der Waals surface area contributed by atoms with Crippen molar-refractivity contribution in [3.8, 4) is 0 Å². The van der Waals surface area contributed by atoms with Gasteiger partial charge in [-0.05, 0) is 42.3 Å². The van der Waals surface area contributed by atoms with Crippen molar-refractivity contribution >= 4 is 16.9 Å². The number of rotatable bonds is 6. The van der Waals surface area contributed by atoms with E-state index in [1.165, 1.54) is 12.1 Å². The number of halogens is 1. The molecule has 0 radical (unpaired) electrons. The molecule has 0 aliphatic carbocycles. The molecule has 1 heterocycles. The van der Waals surface area contributed by atoms with Crippen molar-refractivity contribution in [1.29, 1.82) is 0 Å². The Labute approximate surface area is 138 Å². The second-order valence-corrected chi connectivity index (χ2v) is 5.57. The Kier molecular flexibility index (Phi) is 4.91. The Morgan fingerprint density at radius 2 is 1.88 bits per heavy atom. The number of aliphatic hydroxyl groups excluding tert-OH is 1. The topological polar surface area (TPSA) is 62.5 Å². The highest BCUT2D eigenvalue weighted by molar-refractivity contribution is 5.97. The monoisotopic (exact) mass is 327 g/mol. The second kappa shape index (κ2) is 7.27. The first-order valence-electron chi connectivity index (χ1n) is 7.81. The SMILES string of the molecule is O=C(NCCc1ccc(F)cc1)c1ccc2cc(CCO)oc2c1. The van der Waals surface area contributed by atoms with Gasteiger partial charge in [-0.15, -0.1) is 0 Å². The highest BCUT2D eigenvalue weighted by Gasteiger charge is 2.09. The van der Waals surface area contributed by atoms with E-state index in [0.29, 0.717) is 36.3 Å². The van der Waals surface area contributed by atoms with Gasteiger partial charge in [-0.1, -0.05) is 18.2 Å². The zero-order valence-electron chi connectivity index (χ0n) is 13.1. The summed E-state index contributed by atoms with van der Waals surface area (Å²) in [4.78, 5) is 12.2. The van der Waals surface area contributed by atoms with Crippen LogP contribution >= 0.6 is 0 Å². The van der Waals surface area contributed by atoms with Gasteiger partial charge >= 0.3 is 0 Å². The molecule has 5 heteroatoms. The van der Waals surface area contributed by atoms with Crippen molar-refractivity contribution < 1.29 is 18.7 Å². The van der Waals surface area contributed by atoms with Crippen LogP contribution in [0.2, 0.25) is 0 Å². The number of furan rings is 1. The van der Waals surface area contributed by atoms with Gasteiger partial charge in [-0.25, -0.2) is 4.39 Å². The van der Waals surface area contributed by atoms with Crippen LogP contribution in [0.1, 0.15) is 21.7 Å². The van der Waals surface area contributed by atoms with E-state index >= 15 is 0 Å². The molecule has 1 aromatic heterocycles. The van der Waals surface area contributed by atoms with Crippen LogP contribution in [0.4, 0.5) is 4.39 Å². The van der Waals surface area contributed by atoms with Gasteiger partial charge < -0.3 is 14.8 Å². The number of nitrogens with one attached hydrogen (secondary N) is 1. The van der Waals surface area contributed by atoms with Crippen molar-refractivity contribution in [2.24, 2.45) is 0 Å². The molecule has 124 valence electrons. The van der Waals surface area contributed by atoms with Gasteiger partial charge in [-0.2, -0.15) is 0 Å². The number of amides is 1. The van der Waals surface area contributed by atoms with E-state index in [0.717, 1.165) is 10.9 Å². The molecule has 2 aromatic carbocycles. The summed E-state index contributed by atoms with van der Waals surface area (Å²) in [6.45, 7) is 0.493. The molecule has 3 aromatic rings. The van der Waals surface area contributed by atoms with Crippen molar-refractivity contribution in [2.75, 3.05) is 13.2 Å². The summed E-state index contributed by atoms with van der Waals surface area (Å²) in [7, 11) is 0. The van der Waals surface area contributed by atoms with Crippen molar-refractivity contribution in [3.63, 3.8) is 0 Å². The molecule has 0 aliphatic rings. The number of fused-ring (bicyclic) bond motifs is 1. The van der Waals surface area contributed by atoms with Crippen LogP contribution in [0.25, 0.3) is 11.0 Å². The molecule has 0 bridgehead atoms. The number of hydrogen-bond acceptors (Lipinski definition) is 3. The van der Waals surface area contributed by atoms with Crippen molar-refractivity contribution in [3.05, 3.63) is 71.2 Å². The van der Waals surface area contributed by atoms with Crippen LogP contribution in [-0.2, 0) is 12.8 Å². The molecule has 1 amide bonds. The number of hydrogen-bond donors (Lipinski definition) is 2. The number of carbonyl (C=O) groups excluding carboxylic acids is 1. The zero-order chi connectivity index (χ0) is 16.9. The average Bonchev–Trinajstić information content (AvgIpc) is 2.98. The fraction of sp³-hybridized carbons (Fsp3) is 0.211. The third-order valence-electron chi connectivity index (χ3n) is 3.80. The summed E-state index contributed by atoms with van der Waals surface area (Å²) in [5.41, 5.74) is 2.11. The Bertz CT molecular complexity index is 839. The quantitative estimate of drug-likeness (QED) is 0.731. The van der Waals surface area contributed by atoms with Gasteiger partial charge in [0, 0.05) is 23.9 Å². The lowest BCUT2D eigenvalue weighted by Crippen LogP contribution is -2.25. The Balaban J connectivity index is 1.61. The maximum atomic E-state index is 12.8. The van der Waals surface area contributed by atoms with E-state index in [9.17, 15) is 9.18 Å². The van der Waals surface area contributed by atoms with Crippen LogP contribution in [-0.4, -0.2) is 24.2 Å². The predicted molar refractivity (Wildman–Crippen MR) is 89.4 cm³/mol. The van der Waals surface area contributed by atoms with Gasteiger partial charge in [-0.3, -0.25) is 4.79 Å². The first-order chi connectivity index (χ1) is 11.7. The van der Waals surface area contributed by atoms with Gasteiger partial charge in [0.15, 0.2) is 0 Å². The standard InChI is InChI=1S/C19H18FNO3/c20-16-5-1-13(2-6-16)7-9-21-19(23)15-4-3-14-11-17(8-10-22)24-18(14)12-15/h1-6,11-12,22H,7-10H2,(H,21,23). The summed E-state index contributed by atoms with van der Waals surface area (Å²) in [5.74, 6) is 0.246. The number of aliphatic hydroxyl groups is 1. The lowest BCUT2D eigenvalue weighted by atomic mass is 10.1. The first-order valence-corrected chi connectivity index (χ1v) is 7.81. The molecular formula is C19H18FNO3. The molecule has 4 nitrogen and oxygen atoms in total. The van der Waals surface area contributed by atoms with Gasteiger partial charge in [0.2, 0.25) is 0 Å². The fourth-order valence-corrected chi connectivity index (χ4v) is 2.53. The van der Waals surface area contributed by atoms with E-state index in [-0.39, 0.29) is 18.3 Å². The zero-order valence-corrected chi connectivity index (χ0v) is 13.1. The molecule has 2 N–H and O–H groups in total. The van der Waals surface area contributed by atoms with Gasteiger partial charge in [0.05, 0.1) is 6.61 Å².